The van der Waals surface area contributed by atoms with Crippen molar-refractivity contribution in [1.82, 2.24) is 0 Å². The van der Waals surface area contributed by atoms with Gasteiger partial charge in [-0.1, -0.05) is 11.6 Å². The van der Waals surface area contributed by atoms with Gasteiger partial charge in [-0.2, -0.15) is 0 Å². The number of halogens is 2. The first kappa shape index (κ1) is 6.68. The monoisotopic (exact) mass is 170 g/mol. The summed E-state index contributed by atoms with van der Waals surface area (Å²) >= 11 is 5.51. The highest BCUT2D eigenvalue weighted by atomic mass is 35.5. The lowest BCUT2D eigenvalue weighted by atomic mass is 10.2. The summed E-state index contributed by atoms with van der Waals surface area (Å²) in [4.78, 5) is 0. The van der Waals surface area contributed by atoms with Gasteiger partial charge in [-0.05, 0) is 18.2 Å². The maximum Gasteiger partial charge on any atom is 0.184 e. The molecule has 1 heterocycles. The van der Waals surface area contributed by atoms with Crippen molar-refractivity contribution >= 4 is 22.6 Å². The van der Waals surface area contributed by atoms with E-state index in [0.717, 1.165) is 5.39 Å². The molecule has 0 aliphatic heterocycles. The van der Waals surface area contributed by atoms with Crippen LogP contribution in [0.1, 0.15) is 0 Å². The first-order valence-electron chi connectivity index (χ1n) is 3.10. The van der Waals surface area contributed by atoms with Gasteiger partial charge in [0, 0.05) is 5.39 Å². The molecule has 0 saturated heterocycles. The zero-order chi connectivity index (χ0) is 7.84. The second-order valence-electron chi connectivity index (χ2n) is 2.20. The molecule has 0 unspecified atom stereocenters. The van der Waals surface area contributed by atoms with Crippen LogP contribution in [0.2, 0.25) is 5.02 Å². The summed E-state index contributed by atoms with van der Waals surface area (Å²) in [6, 6.07) is 4.91. The maximum atomic E-state index is 13.0. The number of fused-ring (bicyclic) bond motifs is 1. The summed E-state index contributed by atoms with van der Waals surface area (Å²) < 4.78 is 17.9. The van der Waals surface area contributed by atoms with Gasteiger partial charge in [0.1, 0.15) is 0 Å². The molecule has 56 valence electrons. The van der Waals surface area contributed by atoms with E-state index >= 15 is 0 Å². The normalized spacial score (nSPS) is 10.7. The fourth-order valence-corrected chi connectivity index (χ4v) is 1.12. The molecule has 0 atom stereocenters. The first-order valence-corrected chi connectivity index (χ1v) is 3.48. The predicted molar refractivity (Wildman–Crippen MR) is 41.2 cm³/mol. The average Bonchev–Trinajstić information content (AvgIpc) is 2.45. The van der Waals surface area contributed by atoms with E-state index in [1.807, 2.05) is 0 Å². The van der Waals surface area contributed by atoms with Crippen LogP contribution >= 0.6 is 11.6 Å². The second-order valence-corrected chi connectivity index (χ2v) is 2.61. The fourth-order valence-electron chi connectivity index (χ4n) is 0.973. The van der Waals surface area contributed by atoms with Gasteiger partial charge in [-0.25, -0.2) is 4.39 Å². The molecule has 1 nitrogen and oxygen atoms in total. The van der Waals surface area contributed by atoms with Gasteiger partial charge in [0.25, 0.3) is 0 Å². The highest BCUT2D eigenvalue weighted by Crippen LogP contribution is 2.24. The molecule has 0 saturated carbocycles. The molecule has 0 aliphatic rings. The fraction of sp³-hybridized carbons (Fsp3) is 0. The van der Waals surface area contributed by atoms with E-state index in [0.29, 0.717) is 0 Å². The van der Waals surface area contributed by atoms with Crippen molar-refractivity contribution in [2.24, 2.45) is 0 Å². The number of furan rings is 1. The molecule has 0 amide bonds. The van der Waals surface area contributed by atoms with Gasteiger partial charge in [0.15, 0.2) is 11.4 Å². The Morgan fingerprint density at radius 1 is 1.27 bits per heavy atom. The summed E-state index contributed by atoms with van der Waals surface area (Å²) in [5, 5.41) is 0.819. The minimum Gasteiger partial charge on any atom is -0.461 e. The van der Waals surface area contributed by atoms with E-state index in [1.54, 1.807) is 12.1 Å². The highest BCUT2D eigenvalue weighted by Gasteiger charge is 2.06. The molecule has 2 rings (SSSR count). The van der Waals surface area contributed by atoms with E-state index in [-0.39, 0.29) is 10.6 Å². The summed E-state index contributed by atoms with van der Waals surface area (Å²) in [5.74, 6) is -0.492. The van der Waals surface area contributed by atoms with Crippen molar-refractivity contribution in [3.05, 3.63) is 35.3 Å². The third-order valence-electron chi connectivity index (χ3n) is 1.51. The Bertz CT molecular complexity index is 394. The Hall–Kier alpha value is -1.02. The smallest absolute Gasteiger partial charge is 0.184 e. The van der Waals surface area contributed by atoms with Crippen LogP contribution < -0.4 is 0 Å². The maximum absolute atomic E-state index is 13.0. The summed E-state index contributed by atoms with van der Waals surface area (Å²) in [5.41, 5.74) is 0.220. The van der Waals surface area contributed by atoms with Gasteiger partial charge in [-0.15, -0.1) is 0 Å². The first-order chi connectivity index (χ1) is 5.29. The van der Waals surface area contributed by atoms with Crippen molar-refractivity contribution < 1.29 is 8.81 Å². The molecule has 1 aromatic heterocycles. The third-order valence-corrected chi connectivity index (χ3v) is 1.81. The van der Waals surface area contributed by atoms with Crippen LogP contribution in [-0.4, -0.2) is 0 Å². The predicted octanol–water partition coefficient (Wildman–Crippen LogP) is 3.23. The Balaban J connectivity index is 2.93. The molecule has 0 fully saturated rings. The topological polar surface area (TPSA) is 13.1 Å². The molecular formula is C8H4ClFO. The van der Waals surface area contributed by atoms with E-state index < -0.39 is 5.82 Å². The number of rotatable bonds is 0. The van der Waals surface area contributed by atoms with Gasteiger partial charge in [-0.3, -0.25) is 0 Å². The van der Waals surface area contributed by atoms with E-state index in [4.69, 9.17) is 16.0 Å². The van der Waals surface area contributed by atoms with Crippen molar-refractivity contribution in [2.75, 3.05) is 0 Å². The third kappa shape index (κ3) is 0.906. The average molecular weight is 171 g/mol. The Morgan fingerprint density at radius 3 is 2.91 bits per heavy atom. The van der Waals surface area contributed by atoms with E-state index in [1.165, 1.54) is 12.3 Å². The Labute approximate surface area is 67.4 Å². The lowest BCUT2D eigenvalue weighted by Crippen LogP contribution is -1.75. The lowest BCUT2D eigenvalue weighted by Gasteiger charge is -1.92. The second kappa shape index (κ2) is 2.24. The Kier molecular flexibility index (Phi) is 1.36. The quantitative estimate of drug-likeness (QED) is 0.592. The summed E-state index contributed by atoms with van der Waals surface area (Å²) in [6.45, 7) is 0. The number of hydrogen-bond acceptors (Lipinski definition) is 1. The van der Waals surface area contributed by atoms with Crippen LogP contribution in [0.3, 0.4) is 0 Å². The van der Waals surface area contributed by atoms with Crippen LogP contribution in [0.4, 0.5) is 4.39 Å². The lowest BCUT2D eigenvalue weighted by molar-refractivity contribution is 0.560. The molecule has 1 aromatic carbocycles. The Morgan fingerprint density at radius 2 is 2.09 bits per heavy atom. The van der Waals surface area contributed by atoms with E-state index in [2.05, 4.69) is 0 Å². The molecule has 0 aliphatic carbocycles. The molecular weight excluding hydrogens is 167 g/mol. The molecule has 0 radical (unpaired) electrons. The minimum absolute atomic E-state index is 0.0902. The highest BCUT2D eigenvalue weighted by molar-refractivity contribution is 6.31. The van der Waals surface area contributed by atoms with Gasteiger partial charge < -0.3 is 4.42 Å². The molecule has 11 heavy (non-hydrogen) atoms. The van der Waals surface area contributed by atoms with Gasteiger partial charge in [0.2, 0.25) is 0 Å². The zero-order valence-electron chi connectivity index (χ0n) is 5.47. The van der Waals surface area contributed by atoms with Crippen molar-refractivity contribution in [1.29, 1.82) is 0 Å². The molecule has 0 spiro atoms. The van der Waals surface area contributed by atoms with Crippen LogP contribution in [-0.2, 0) is 0 Å². The standard InChI is InChI=1S/C8H4ClFO/c9-6-2-1-5-3-4-11-8(5)7(6)10/h1-4H. The molecule has 3 heteroatoms. The molecule has 2 aromatic rings. The van der Waals surface area contributed by atoms with Crippen molar-refractivity contribution in [2.45, 2.75) is 0 Å². The van der Waals surface area contributed by atoms with Crippen LogP contribution in [0, 0.1) is 5.82 Å². The number of benzene rings is 1. The van der Waals surface area contributed by atoms with Crippen LogP contribution in [0.5, 0.6) is 0 Å². The van der Waals surface area contributed by atoms with Crippen LogP contribution in [0.25, 0.3) is 11.0 Å². The van der Waals surface area contributed by atoms with Crippen molar-refractivity contribution in [3.8, 4) is 0 Å². The summed E-state index contributed by atoms with van der Waals surface area (Å²) in [6.07, 6.45) is 1.43. The van der Waals surface area contributed by atoms with Gasteiger partial charge in [0.05, 0.1) is 11.3 Å². The van der Waals surface area contributed by atoms with Crippen LogP contribution in [0.15, 0.2) is 28.9 Å². The molecule has 0 N–H and O–H groups in total. The van der Waals surface area contributed by atoms with Crippen molar-refractivity contribution in [3.63, 3.8) is 0 Å². The van der Waals surface area contributed by atoms with E-state index in [9.17, 15) is 4.39 Å². The zero-order valence-corrected chi connectivity index (χ0v) is 6.23. The minimum atomic E-state index is -0.492. The van der Waals surface area contributed by atoms with Gasteiger partial charge >= 0.3 is 0 Å². The largest absolute Gasteiger partial charge is 0.461 e. The summed E-state index contributed by atoms with van der Waals surface area (Å²) in [7, 11) is 0. The molecule has 0 bridgehead atoms. The SMILES string of the molecule is Fc1c(Cl)ccc2ccoc12. The number of hydrogen-bond donors (Lipinski definition) is 0.